The Morgan fingerprint density at radius 1 is 1.06 bits per heavy atom. The average Bonchev–Trinajstić information content (AvgIpc) is 3.16. The van der Waals surface area contributed by atoms with Crippen molar-refractivity contribution >= 4 is 23.2 Å². The third kappa shape index (κ3) is 5.33. The van der Waals surface area contributed by atoms with E-state index in [9.17, 15) is 9.59 Å². The molecular formula is C27H27N5O3. The second-order valence-electron chi connectivity index (χ2n) is 8.26. The first-order valence-electron chi connectivity index (χ1n) is 11.1. The number of anilines is 1. The first-order valence-corrected chi connectivity index (χ1v) is 11.1. The smallest absolute Gasteiger partial charge is 0.268 e. The number of carbonyl (C=O) groups is 2. The molecule has 8 nitrogen and oxygen atoms in total. The number of ether oxygens (including phenoxy) is 1. The molecule has 0 radical (unpaired) electrons. The molecule has 3 aromatic carbocycles. The quantitative estimate of drug-likeness (QED) is 0.255. The summed E-state index contributed by atoms with van der Waals surface area (Å²) in [6, 6.07) is 23.2. The summed E-state index contributed by atoms with van der Waals surface area (Å²) in [5, 5.41) is 14.3. The van der Waals surface area contributed by atoms with E-state index in [1.807, 2.05) is 60.7 Å². The van der Waals surface area contributed by atoms with Crippen LogP contribution >= 0.6 is 0 Å². The fraction of sp³-hybridized carbons (Fsp3) is 0.148. The zero-order valence-corrected chi connectivity index (χ0v) is 19.2. The van der Waals surface area contributed by atoms with Crippen LogP contribution in [-0.4, -0.2) is 24.1 Å². The molecular weight excluding hydrogens is 442 g/mol. The number of nitrogens with one attached hydrogen (secondary N) is 3. The van der Waals surface area contributed by atoms with E-state index < -0.39 is 18.1 Å². The van der Waals surface area contributed by atoms with E-state index in [1.54, 1.807) is 18.2 Å². The van der Waals surface area contributed by atoms with E-state index in [0.717, 1.165) is 11.1 Å². The number of carbonyl (C=O) groups excluding carboxylic acids is 2. The largest absolute Gasteiger partial charge is 0.484 e. The van der Waals surface area contributed by atoms with Crippen molar-refractivity contribution in [1.29, 1.82) is 5.41 Å². The zero-order chi connectivity index (χ0) is 24.9. The molecule has 0 aromatic heterocycles. The topological polar surface area (TPSA) is 143 Å². The van der Waals surface area contributed by atoms with Gasteiger partial charge >= 0.3 is 0 Å². The first-order chi connectivity index (χ1) is 16.8. The van der Waals surface area contributed by atoms with Gasteiger partial charge in [-0.25, -0.2) is 0 Å². The van der Waals surface area contributed by atoms with Crippen molar-refractivity contribution in [3.05, 3.63) is 107 Å². The van der Waals surface area contributed by atoms with Gasteiger partial charge < -0.3 is 26.8 Å². The Morgan fingerprint density at radius 3 is 2.43 bits per heavy atom. The summed E-state index contributed by atoms with van der Waals surface area (Å²) in [5.74, 6) is 0.0168. The monoisotopic (exact) mass is 469 g/mol. The van der Waals surface area contributed by atoms with Gasteiger partial charge in [-0.15, -0.1) is 0 Å². The zero-order valence-electron chi connectivity index (χ0n) is 19.2. The Balaban J connectivity index is 1.57. The molecule has 3 aromatic rings. The molecule has 4 rings (SSSR count). The standard InChI is InChI=1S/C27H27N5O3/c1-16(33)31-15-22(19-8-5-9-20(28)14-19)35-21-12-10-18(11-13-21)26-23(25(30)27(34)32-26)24(29)17-6-3-2-4-7-17/h2-14,22,26,29H,15,28,30H2,1H3,(H,31,33)(H,32,34). The van der Waals surface area contributed by atoms with Crippen LogP contribution in [0.25, 0.3) is 0 Å². The normalized spacial score (nSPS) is 15.9. The number of hydrogen-bond acceptors (Lipinski definition) is 6. The highest BCUT2D eigenvalue weighted by atomic mass is 16.5. The Hall–Kier alpha value is -4.59. The maximum absolute atomic E-state index is 12.4. The number of hydrogen-bond donors (Lipinski definition) is 5. The van der Waals surface area contributed by atoms with E-state index in [0.29, 0.717) is 22.6 Å². The van der Waals surface area contributed by atoms with Gasteiger partial charge in [-0.3, -0.25) is 15.0 Å². The van der Waals surface area contributed by atoms with Crippen LogP contribution in [0.3, 0.4) is 0 Å². The van der Waals surface area contributed by atoms with E-state index in [-0.39, 0.29) is 23.9 Å². The van der Waals surface area contributed by atoms with Gasteiger partial charge in [0.25, 0.3) is 5.91 Å². The Kier molecular flexibility index (Phi) is 6.82. The third-order valence-corrected chi connectivity index (χ3v) is 5.74. The Morgan fingerprint density at radius 2 is 1.77 bits per heavy atom. The lowest BCUT2D eigenvalue weighted by Gasteiger charge is -2.21. The minimum Gasteiger partial charge on any atom is -0.484 e. The highest BCUT2D eigenvalue weighted by molar-refractivity contribution is 6.17. The summed E-state index contributed by atoms with van der Waals surface area (Å²) in [6.07, 6.45) is -0.447. The highest BCUT2D eigenvalue weighted by Crippen LogP contribution is 2.32. The van der Waals surface area contributed by atoms with Crippen LogP contribution in [0.5, 0.6) is 5.75 Å². The van der Waals surface area contributed by atoms with E-state index >= 15 is 0 Å². The van der Waals surface area contributed by atoms with Crippen LogP contribution in [-0.2, 0) is 9.59 Å². The summed E-state index contributed by atoms with van der Waals surface area (Å²) in [4.78, 5) is 23.8. The summed E-state index contributed by atoms with van der Waals surface area (Å²) < 4.78 is 6.17. The minimum atomic E-state index is -0.548. The summed E-state index contributed by atoms with van der Waals surface area (Å²) in [6.45, 7) is 1.72. The van der Waals surface area contributed by atoms with Gasteiger partial charge in [0.1, 0.15) is 17.6 Å². The lowest BCUT2D eigenvalue weighted by molar-refractivity contribution is -0.119. The average molecular weight is 470 g/mol. The van der Waals surface area contributed by atoms with E-state index in [1.165, 1.54) is 6.92 Å². The molecule has 2 unspecified atom stereocenters. The number of rotatable bonds is 8. The van der Waals surface area contributed by atoms with Gasteiger partial charge in [0.15, 0.2) is 0 Å². The molecule has 0 saturated carbocycles. The molecule has 1 aliphatic heterocycles. The van der Waals surface area contributed by atoms with Crippen molar-refractivity contribution in [3.8, 4) is 5.75 Å². The second-order valence-corrected chi connectivity index (χ2v) is 8.26. The van der Waals surface area contributed by atoms with Gasteiger partial charge in [-0.1, -0.05) is 54.6 Å². The molecule has 1 aliphatic rings. The molecule has 0 bridgehead atoms. The predicted octanol–water partition coefficient (Wildman–Crippen LogP) is 2.98. The van der Waals surface area contributed by atoms with Gasteiger partial charge in [-0.05, 0) is 41.0 Å². The number of benzene rings is 3. The van der Waals surface area contributed by atoms with Gasteiger partial charge in [-0.2, -0.15) is 0 Å². The summed E-state index contributed by atoms with van der Waals surface area (Å²) in [5.41, 5.74) is 15.6. The highest BCUT2D eigenvalue weighted by Gasteiger charge is 2.34. The van der Waals surface area contributed by atoms with Crippen molar-refractivity contribution in [2.24, 2.45) is 5.73 Å². The molecule has 178 valence electrons. The van der Waals surface area contributed by atoms with E-state index in [4.69, 9.17) is 21.6 Å². The second kappa shape index (κ2) is 10.1. The van der Waals surface area contributed by atoms with Crippen LogP contribution in [0.1, 0.15) is 35.8 Å². The number of amides is 2. The fourth-order valence-corrected chi connectivity index (χ4v) is 3.97. The lowest BCUT2D eigenvalue weighted by Crippen LogP contribution is -2.28. The molecule has 7 N–H and O–H groups in total. The lowest BCUT2D eigenvalue weighted by atomic mass is 9.92. The summed E-state index contributed by atoms with van der Waals surface area (Å²) >= 11 is 0. The molecule has 2 amide bonds. The van der Waals surface area contributed by atoms with Crippen LogP contribution in [0, 0.1) is 5.41 Å². The molecule has 8 heteroatoms. The maximum atomic E-state index is 12.4. The third-order valence-electron chi connectivity index (χ3n) is 5.74. The van der Waals surface area contributed by atoms with Crippen molar-refractivity contribution < 1.29 is 14.3 Å². The Labute approximate surface area is 203 Å². The molecule has 0 saturated heterocycles. The molecule has 35 heavy (non-hydrogen) atoms. The maximum Gasteiger partial charge on any atom is 0.268 e. The fourth-order valence-electron chi connectivity index (χ4n) is 3.97. The van der Waals surface area contributed by atoms with Crippen molar-refractivity contribution in [3.63, 3.8) is 0 Å². The SMILES string of the molecule is CC(=O)NCC(Oc1ccc(C2NC(=O)C(N)=C2C(=N)c2ccccc2)cc1)c1cccc(N)c1. The van der Waals surface area contributed by atoms with Crippen LogP contribution in [0.15, 0.2) is 90.1 Å². The molecule has 0 fully saturated rings. The predicted molar refractivity (Wildman–Crippen MR) is 135 cm³/mol. The van der Waals surface area contributed by atoms with Crippen LogP contribution < -0.4 is 26.8 Å². The van der Waals surface area contributed by atoms with Gasteiger partial charge in [0.2, 0.25) is 5.91 Å². The van der Waals surface area contributed by atoms with Crippen LogP contribution in [0.4, 0.5) is 5.69 Å². The summed E-state index contributed by atoms with van der Waals surface area (Å²) in [7, 11) is 0. The number of nitrogens with two attached hydrogens (primary N) is 2. The first kappa shape index (κ1) is 23.6. The Bertz CT molecular complexity index is 1290. The molecule has 2 atom stereocenters. The van der Waals surface area contributed by atoms with Crippen LogP contribution in [0.2, 0.25) is 0 Å². The van der Waals surface area contributed by atoms with Gasteiger partial charge in [0, 0.05) is 18.2 Å². The molecule has 0 aliphatic carbocycles. The van der Waals surface area contributed by atoms with Crippen molar-refractivity contribution in [2.45, 2.75) is 19.1 Å². The molecule has 0 spiro atoms. The van der Waals surface area contributed by atoms with Crippen molar-refractivity contribution in [1.82, 2.24) is 10.6 Å². The minimum absolute atomic E-state index is 0.0428. The number of nitrogen functional groups attached to an aromatic ring is 1. The van der Waals surface area contributed by atoms with Gasteiger partial charge in [0.05, 0.1) is 18.3 Å². The molecule has 1 heterocycles. The van der Waals surface area contributed by atoms with Crippen molar-refractivity contribution in [2.75, 3.05) is 12.3 Å². The van der Waals surface area contributed by atoms with E-state index in [2.05, 4.69) is 10.6 Å².